The molecule has 9 nitrogen and oxygen atoms in total. The second-order valence-electron chi connectivity index (χ2n) is 9.27. The lowest BCUT2D eigenvalue weighted by molar-refractivity contribution is -0.141. The molecule has 4 aromatic rings. The van der Waals surface area contributed by atoms with Crippen LogP contribution in [0, 0.1) is 11.8 Å². The van der Waals surface area contributed by atoms with Gasteiger partial charge >= 0.3 is 5.97 Å². The van der Waals surface area contributed by atoms with Gasteiger partial charge in [0.2, 0.25) is 5.82 Å². The standard InChI is InChI=1S/C25H26N6O3/c32-25(33)21-12-17-11-19(7-5-16(17)14-26-21)34-23-13-18(6-8-20(23)24-27-29-30-28-24)31-10-9-15-3-1-2-4-22(15)31/h1-4,6,8-10,13,16-17,19,21,26H,5,7,11-12,14H2,(H,32,33)(H,27,28,29,30)/t16-,17+,19-,21-/m0/s1. The van der Waals surface area contributed by atoms with E-state index in [1.54, 1.807) is 0 Å². The normalized spacial score (nSPS) is 24.6. The van der Waals surface area contributed by atoms with Gasteiger partial charge in [-0.1, -0.05) is 18.2 Å². The molecule has 1 saturated carbocycles. The first-order valence-electron chi connectivity index (χ1n) is 11.7. The number of aromatic nitrogens is 5. The van der Waals surface area contributed by atoms with Crippen LogP contribution >= 0.6 is 0 Å². The number of benzene rings is 2. The Kier molecular flexibility index (Phi) is 5.26. The maximum absolute atomic E-state index is 11.5. The number of nitrogens with one attached hydrogen (secondary N) is 2. The number of hydrogen-bond acceptors (Lipinski definition) is 6. The van der Waals surface area contributed by atoms with Crippen LogP contribution in [-0.4, -0.2) is 55.0 Å². The minimum atomic E-state index is -0.771. The number of carboxylic acid groups (broad SMARTS) is 1. The monoisotopic (exact) mass is 458 g/mol. The van der Waals surface area contributed by atoms with Gasteiger partial charge in [0.15, 0.2) is 0 Å². The van der Waals surface area contributed by atoms with Gasteiger partial charge in [0.05, 0.1) is 17.2 Å². The van der Waals surface area contributed by atoms with Crippen LogP contribution in [0.25, 0.3) is 28.0 Å². The summed E-state index contributed by atoms with van der Waals surface area (Å²) in [7, 11) is 0. The van der Waals surface area contributed by atoms with Crippen molar-refractivity contribution in [1.82, 2.24) is 30.5 Å². The zero-order valence-corrected chi connectivity index (χ0v) is 18.6. The fourth-order valence-electron chi connectivity index (χ4n) is 5.52. The van der Waals surface area contributed by atoms with Crippen LogP contribution in [-0.2, 0) is 4.79 Å². The quantitative estimate of drug-likeness (QED) is 0.419. The average Bonchev–Trinajstić information content (AvgIpc) is 3.54. The number of fused-ring (bicyclic) bond motifs is 2. The van der Waals surface area contributed by atoms with E-state index in [0.717, 1.165) is 42.6 Å². The minimum Gasteiger partial charge on any atom is -0.490 e. The molecule has 1 aliphatic heterocycles. The van der Waals surface area contributed by atoms with Gasteiger partial charge in [0.25, 0.3) is 0 Å². The lowest BCUT2D eigenvalue weighted by Crippen LogP contribution is -2.50. The van der Waals surface area contributed by atoms with Crippen molar-refractivity contribution < 1.29 is 14.6 Å². The van der Waals surface area contributed by atoms with Crippen LogP contribution in [0.5, 0.6) is 5.75 Å². The highest BCUT2D eigenvalue weighted by Gasteiger charge is 2.38. The number of aromatic amines is 1. The van der Waals surface area contributed by atoms with Crippen LogP contribution in [0.4, 0.5) is 0 Å². The molecule has 0 unspecified atom stereocenters. The summed E-state index contributed by atoms with van der Waals surface area (Å²) in [5, 5.41) is 28.4. The van der Waals surface area contributed by atoms with E-state index in [1.807, 2.05) is 30.3 Å². The van der Waals surface area contributed by atoms with Crippen molar-refractivity contribution >= 4 is 16.9 Å². The molecule has 6 rings (SSSR count). The number of hydrogen-bond donors (Lipinski definition) is 3. The number of ether oxygens (including phenoxy) is 1. The fourth-order valence-corrected chi connectivity index (χ4v) is 5.52. The highest BCUT2D eigenvalue weighted by atomic mass is 16.5. The predicted molar refractivity (Wildman–Crippen MR) is 126 cm³/mol. The Bertz CT molecular complexity index is 1320. The number of nitrogens with zero attached hydrogens (tertiary/aromatic N) is 4. The first kappa shape index (κ1) is 20.9. The van der Waals surface area contributed by atoms with Gasteiger partial charge in [0, 0.05) is 18.0 Å². The zero-order valence-electron chi connectivity index (χ0n) is 18.6. The molecule has 3 heterocycles. The number of rotatable bonds is 5. The zero-order chi connectivity index (χ0) is 23.1. The lowest BCUT2D eigenvalue weighted by atomic mass is 9.72. The number of tetrazole rings is 1. The molecule has 2 aromatic carbocycles. The molecular formula is C25H26N6O3. The van der Waals surface area contributed by atoms with E-state index < -0.39 is 12.0 Å². The summed E-state index contributed by atoms with van der Waals surface area (Å²) in [6.45, 7) is 0.763. The molecule has 1 aliphatic carbocycles. The van der Waals surface area contributed by atoms with E-state index in [9.17, 15) is 9.90 Å². The van der Waals surface area contributed by atoms with E-state index in [0.29, 0.717) is 29.8 Å². The second-order valence-corrected chi connectivity index (χ2v) is 9.27. The van der Waals surface area contributed by atoms with E-state index in [2.05, 4.69) is 54.9 Å². The van der Waals surface area contributed by atoms with Gasteiger partial charge in [-0.3, -0.25) is 4.79 Å². The van der Waals surface area contributed by atoms with Crippen molar-refractivity contribution in [3.63, 3.8) is 0 Å². The van der Waals surface area contributed by atoms with Crippen molar-refractivity contribution in [3.05, 3.63) is 54.7 Å². The number of para-hydroxylation sites is 1. The average molecular weight is 459 g/mol. The lowest BCUT2D eigenvalue weighted by Gasteiger charge is -2.41. The van der Waals surface area contributed by atoms with E-state index in [-0.39, 0.29) is 6.10 Å². The maximum atomic E-state index is 11.5. The number of carbonyl (C=O) groups is 1. The molecule has 4 atom stereocenters. The molecule has 0 bridgehead atoms. The van der Waals surface area contributed by atoms with Crippen molar-refractivity contribution in [2.75, 3.05) is 6.54 Å². The third kappa shape index (κ3) is 3.81. The molecule has 0 spiro atoms. The number of carboxylic acids is 1. The first-order chi connectivity index (χ1) is 16.7. The Labute approximate surface area is 196 Å². The third-order valence-electron chi connectivity index (χ3n) is 7.28. The van der Waals surface area contributed by atoms with Crippen molar-refractivity contribution in [1.29, 1.82) is 0 Å². The molecule has 1 saturated heterocycles. The van der Waals surface area contributed by atoms with Gasteiger partial charge in [0.1, 0.15) is 11.8 Å². The molecule has 0 amide bonds. The summed E-state index contributed by atoms with van der Waals surface area (Å²) in [4.78, 5) is 11.5. The molecule has 2 fully saturated rings. The van der Waals surface area contributed by atoms with Gasteiger partial charge < -0.3 is 19.7 Å². The van der Waals surface area contributed by atoms with Crippen LogP contribution in [0.15, 0.2) is 54.7 Å². The Balaban J connectivity index is 1.31. The number of H-pyrrole nitrogens is 1. The van der Waals surface area contributed by atoms with Gasteiger partial charge in [-0.15, -0.1) is 10.2 Å². The minimum absolute atomic E-state index is 0.0103. The Morgan fingerprint density at radius 2 is 2.00 bits per heavy atom. The summed E-state index contributed by atoms with van der Waals surface area (Å²) in [6.07, 6.45) is 5.52. The summed E-state index contributed by atoms with van der Waals surface area (Å²) >= 11 is 0. The second kappa shape index (κ2) is 8.57. The van der Waals surface area contributed by atoms with E-state index in [1.165, 1.54) is 5.39 Å². The topological polar surface area (TPSA) is 118 Å². The number of piperidine rings is 1. The molecule has 3 N–H and O–H groups in total. The summed E-state index contributed by atoms with van der Waals surface area (Å²) in [6, 6.07) is 15.9. The molecular weight excluding hydrogens is 432 g/mol. The summed E-state index contributed by atoms with van der Waals surface area (Å²) in [5.41, 5.74) is 2.89. The first-order valence-corrected chi connectivity index (χ1v) is 11.7. The summed E-state index contributed by atoms with van der Waals surface area (Å²) in [5.74, 6) is 1.27. The summed E-state index contributed by atoms with van der Waals surface area (Å²) < 4.78 is 8.75. The van der Waals surface area contributed by atoms with Crippen molar-refractivity contribution in [2.24, 2.45) is 11.8 Å². The van der Waals surface area contributed by atoms with E-state index >= 15 is 0 Å². The van der Waals surface area contributed by atoms with Crippen molar-refractivity contribution in [2.45, 2.75) is 37.8 Å². The number of aliphatic carboxylic acids is 1. The van der Waals surface area contributed by atoms with Gasteiger partial charge in [-0.05, 0) is 78.9 Å². The SMILES string of the molecule is O=C(O)[C@@H]1C[C@H]2C[C@@H](Oc3cc(-n4ccc5ccccc54)ccc3-c3nn[nH]n3)CC[C@H]2CN1. The van der Waals surface area contributed by atoms with E-state index in [4.69, 9.17) is 4.74 Å². The molecule has 2 aromatic heterocycles. The molecule has 174 valence electrons. The largest absolute Gasteiger partial charge is 0.490 e. The fraction of sp³-hybridized carbons (Fsp3) is 0.360. The highest BCUT2D eigenvalue weighted by molar-refractivity contribution is 5.82. The molecule has 0 radical (unpaired) electrons. The Morgan fingerprint density at radius 3 is 2.85 bits per heavy atom. The molecule has 34 heavy (non-hydrogen) atoms. The molecule has 9 heteroatoms. The third-order valence-corrected chi connectivity index (χ3v) is 7.28. The Morgan fingerprint density at radius 1 is 1.09 bits per heavy atom. The Hall–Kier alpha value is -3.72. The highest BCUT2D eigenvalue weighted by Crippen LogP contribution is 2.39. The predicted octanol–water partition coefficient (Wildman–Crippen LogP) is 3.42. The van der Waals surface area contributed by atoms with Crippen LogP contribution in [0.3, 0.4) is 0 Å². The molecule has 2 aliphatic rings. The smallest absolute Gasteiger partial charge is 0.320 e. The van der Waals surface area contributed by atoms with Crippen molar-refractivity contribution in [3.8, 4) is 22.8 Å². The van der Waals surface area contributed by atoms with Crippen LogP contribution < -0.4 is 10.1 Å². The van der Waals surface area contributed by atoms with Gasteiger partial charge in [-0.2, -0.15) is 5.21 Å². The van der Waals surface area contributed by atoms with Crippen LogP contribution in [0.2, 0.25) is 0 Å². The maximum Gasteiger partial charge on any atom is 0.320 e. The van der Waals surface area contributed by atoms with Crippen LogP contribution in [0.1, 0.15) is 25.7 Å². The van der Waals surface area contributed by atoms with Gasteiger partial charge in [-0.25, -0.2) is 0 Å².